The van der Waals surface area contributed by atoms with Gasteiger partial charge in [-0.1, -0.05) is 17.3 Å². The van der Waals surface area contributed by atoms with Gasteiger partial charge in [-0.2, -0.15) is 4.98 Å². The zero-order valence-electron chi connectivity index (χ0n) is 13.6. The molecule has 2 fully saturated rings. The Morgan fingerprint density at radius 1 is 1.22 bits per heavy atom. The molecule has 1 saturated heterocycles. The van der Waals surface area contributed by atoms with E-state index in [0.29, 0.717) is 11.8 Å². The van der Waals surface area contributed by atoms with Crippen LogP contribution in [-0.2, 0) is 13.0 Å². The molecule has 1 aliphatic heterocycles. The van der Waals surface area contributed by atoms with E-state index in [-0.39, 0.29) is 0 Å². The van der Waals surface area contributed by atoms with Crippen LogP contribution in [0.4, 0.5) is 0 Å². The Labute approximate surface area is 136 Å². The first kappa shape index (κ1) is 14.7. The van der Waals surface area contributed by atoms with Crippen molar-refractivity contribution in [1.82, 2.24) is 15.0 Å². The Kier molecular flexibility index (Phi) is 4.04. The number of hydrogen-bond acceptors (Lipinski definition) is 5. The molecule has 1 aliphatic carbocycles. The maximum absolute atomic E-state index is 5.39. The summed E-state index contributed by atoms with van der Waals surface area (Å²) < 4.78 is 10.6. The van der Waals surface area contributed by atoms with Gasteiger partial charge in [0.2, 0.25) is 5.89 Å². The third-order valence-corrected chi connectivity index (χ3v) is 4.84. The summed E-state index contributed by atoms with van der Waals surface area (Å²) in [6.45, 7) is 3.01. The lowest BCUT2D eigenvalue weighted by Crippen LogP contribution is -2.20. The van der Waals surface area contributed by atoms with Crippen molar-refractivity contribution in [2.75, 3.05) is 20.2 Å². The molecule has 0 radical (unpaired) electrons. The van der Waals surface area contributed by atoms with Gasteiger partial charge < -0.3 is 9.26 Å². The summed E-state index contributed by atoms with van der Waals surface area (Å²) in [5.41, 5.74) is 1.38. The second-order valence-corrected chi connectivity index (χ2v) is 6.76. The third kappa shape index (κ3) is 3.55. The van der Waals surface area contributed by atoms with Crippen LogP contribution in [0, 0.1) is 5.92 Å². The molecule has 2 aliphatic rings. The average Bonchev–Trinajstić information content (AvgIpc) is 3.17. The lowest BCUT2D eigenvalue weighted by molar-refractivity contribution is 0.259. The molecule has 122 valence electrons. The molecule has 2 aromatic rings. The number of rotatable bonds is 6. The van der Waals surface area contributed by atoms with Crippen LogP contribution in [0.3, 0.4) is 0 Å². The zero-order chi connectivity index (χ0) is 15.6. The van der Waals surface area contributed by atoms with Gasteiger partial charge in [-0.25, -0.2) is 0 Å². The standard InChI is InChI=1S/C18H23N3O2/c1-22-16-6-2-13(3-7-16)10-14-8-9-21(11-14)12-17-19-18(20-23-17)15-4-5-15/h2-3,6-7,14-15H,4-5,8-12H2,1H3. The lowest BCUT2D eigenvalue weighted by atomic mass is 9.99. The van der Waals surface area contributed by atoms with E-state index in [1.165, 1.54) is 24.8 Å². The van der Waals surface area contributed by atoms with E-state index in [0.717, 1.165) is 43.5 Å². The van der Waals surface area contributed by atoms with Crippen molar-refractivity contribution in [3.63, 3.8) is 0 Å². The molecule has 4 rings (SSSR count). The molecule has 23 heavy (non-hydrogen) atoms. The van der Waals surface area contributed by atoms with E-state index in [2.05, 4.69) is 27.2 Å². The summed E-state index contributed by atoms with van der Waals surface area (Å²) in [5.74, 6) is 3.87. The molecular weight excluding hydrogens is 290 g/mol. The van der Waals surface area contributed by atoms with Crippen LogP contribution in [0.1, 0.15) is 42.5 Å². The van der Waals surface area contributed by atoms with Gasteiger partial charge in [-0.05, 0) is 55.8 Å². The van der Waals surface area contributed by atoms with Gasteiger partial charge in [0.05, 0.1) is 13.7 Å². The molecule has 0 spiro atoms. The highest BCUT2D eigenvalue weighted by molar-refractivity contribution is 5.27. The maximum Gasteiger partial charge on any atom is 0.240 e. The Bertz CT molecular complexity index is 649. The highest BCUT2D eigenvalue weighted by atomic mass is 16.5. The molecule has 1 atom stereocenters. The van der Waals surface area contributed by atoms with Crippen LogP contribution in [0.5, 0.6) is 5.75 Å². The second kappa shape index (κ2) is 6.32. The van der Waals surface area contributed by atoms with Gasteiger partial charge in [-0.3, -0.25) is 4.90 Å². The van der Waals surface area contributed by atoms with E-state index in [1.54, 1.807) is 7.11 Å². The van der Waals surface area contributed by atoms with E-state index in [1.807, 2.05) is 12.1 Å². The molecule has 5 nitrogen and oxygen atoms in total. The van der Waals surface area contributed by atoms with Crippen LogP contribution in [0.25, 0.3) is 0 Å². The van der Waals surface area contributed by atoms with Gasteiger partial charge in [0.1, 0.15) is 5.75 Å². The fourth-order valence-corrected chi connectivity index (χ4v) is 3.35. The quantitative estimate of drug-likeness (QED) is 0.820. The first-order valence-corrected chi connectivity index (χ1v) is 8.48. The minimum Gasteiger partial charge on any atom is -0.497 e. The summed E-state index contributed by atoms with van der Waals surface area (Å²) >= 11 is 0. The number of benzene rings is 1. The summed E-state index contributed by atoms with van der Waals surface area (Å²) in [6, 6.07) is 8.42. The Morgan fingerprint density at radius 3 is 2.78 bits per heavy atom. The number of methoxy groups -OCH3 is 1. The molecule has 1 saturated carbocycles. The summed E-state index contributed by atoms with van der Waals surface area (Å²) in [5, 5.41) is 4.10. The molecule has 1 unspecified atom stereocenters. The largest absolute Gasteiger partial charge is 0.497 e. The van der Waals surface area contributed by atoms with Crippen molar-refractivity contribution in [3.8, 4) is 5.75 Å². The molecule has 5 heteroatoms. The topological polar surface area (TPSA) is 51.4 Å². The summed E-state index contributed by atoms with van der Waals surface area (Å²) in [7, 11) is 1.70. The predicted molar refractivity (Wildman–Crippen MR) is 86.4 cm³/mol. The van der Waals surface area contributed by atoms with Gasteiger partial charge >= 0.3 is 0 Å². The number of hydrogen-bond donors (Lipinski definition) is 0. The molecule has 1 aromatic carbocycles. The highest BCUT2D eigenvalue weighted by Gasteiger charge is 2.30. The van der Waals surface area contributed by atoms with Crippen LogP contribution >= 0.6 is 0 Å². The minimum absolute atomic E-state index is 0.564. The molecule has 0 amide bonds. The number of nitrogens with zero attached hydrogens (tertiary/aromatic N) is 3. The van der Waals surface area contributed by atoms with Gasteiger partial charge in [0.25, 0.3) is 0 Å². The van der Waals surface area contributed by atoms with E-state index >= 15 is 0 Å². The highest BCUT2D eigenvalue weighted by Crippen LogP contribution is 2.38. The monoisotopic (exact) mass is 313 g/mol. The fourth-order valence-electron chi connectivity index (χ4n) is 3.35. The number of ether oxygens (including phenoxy) is 1. The number of aromatic nitrogens is 2. The van der Waals surface area contributed by atoms with Crippen molar-refractivity contribution in [3.05, 3.63) is 41.5 Å². The Balaban J connectivity index is 1.29. The fraction of sp³-hybridized carbons (Fsp3) is 0.556. The molecule has 1 aromatic heterocycles. The van der Waals surface area contributed by atoms with Gasteiger partial charge in [0.15, 0.2) is 5.82 Å². The maximum atomic E-state index is 5.39. The average molecular weight is 313 g/mol. The van der Waals surface area contributed by atoms with Crippen molar-refractivity contribution >= 4 is 0 Å². The minimum atomic E-state index is 0.564. The van der Waals surface area contributed by atoms with Crippen molar-refractivity contribution in [1.29, 1.82) is 0 Å². The molecule has 2 heterocycles. The van der Waals surface area contributed by atoms with Crippen LogP contribution in [0.15, 0.2) is 28.8 Å². The summed E-state index contributed by atoms with van der Waals surface area (Å²) in [6.07, 6.45) is 4.78. The summed E-state index contributed by atoms with van der Waals surface area (Å²) in [4.78, 5) is 6.96. The third-order valence-electron chi connectivity index (χ3n) is 4.84. The van der Waals surface area contributed by atoms with E-state index in [4.69, 9.17) is 9.26 Å². The molecule has 0 bridgehead atoms. The van der Waals surface area contributed by atoms with Crippen molar-refractivity contribution in [2.24, 2.45) is 5.92 Å². The Morgan fingerprint density at radius 2 is 2.04 bits per heavy atom. The smallest absolute Gasteiger partial charge is 0.240 e. The Hall–Kier alpha value is -1.88. The van der Waals surface area contributed by atoms with Crippen LogP contribution < -0.4 is 4.74 Å². The molecular formula is C18H23N3O2. The van der Waals surface area contributed by atoms with E-state index in [9.17, 15) is 0 Å². The van der Waals surface area contributed by atoms with Crippen molar-refractivity contribution < 1.29 is 9.26 Å². The van der Waals surface area contributed by atoms with Gasteiger partial charge in [-0.15, -0.1) is 0 Å². The first-order valence-electron chi connectivity index (χ1n) is 8.48. The first-order chi connectivity index (χ1) is 11.3. The normalized spacial score (nSPS) is 21.7. The van der Waals surface area contributed by atoms with Crippen molar-refractivity contribution in [2.45, 2.75) is 38.1 Å². The second-order valence-electron chi connectivity index (χ2n) is 6.76. The predicted octanol–water partition coefficient (Wildman–Crippen LogP) is 3.02. The van der Waals surface area contributed by atoms with Crippen LogP contribution in [-0.4, -0.2) is 35.2 Å². The van der Waals surface area contributed by atoms with E-state index < -0.39 is 0 Å². The van der Waals surface area contributed by atoms with Gasteiger partial charge in [0, 0.05) is 12.5 Å². The number of likely N-dealkylation sites (tertiary alicyclic amines) is 1. The SMILES string of the molecule is COc1ccc(CC2CCN(Cc3nc(C4CC4)no3)C2)cc1. The molecule has 0 N–H and O–H groups in total. The zero-order valence-corrected chi connectivity index (χ0v) is 13.6. The lowest BCUT2D eigenvalue weighted by Gasteiger charge is -2.13. The van der Waals surface area contributed by atoms with Crippen LogP contribution in [0.2, 0.25) is 0 Å².